The fourth-order valence-electron chi connectivity index (χ4n) is 2.27. The summed E-state index contributed by atoms with van der Waals surface area (Å²) in [6, 6.07) is 1.43. The van der Waals surface area contributed by atoms with E-state index < -0.39 is 42.3 Å². The average molecular weight is 330 g/mol. The van der Waals surface area contributed by atoms with Gasteiger partial charge in [0.05, 0.1) is 24.8 Å². The molecule has 6 nitrogen and oxygen atoms in total. The molecule has 0 aliphatic carbocycles. The summed E-state index contributed by atoms with van der Waals surface area (Å²) in [6.45, 7) is 0.857. The van der Waals surface area contributed by atoms with Crippen molar-refractivity contribution in [2.75, 3.05) is 6.61 Å². The second-order valence-electron chi connectivity index (χ2n) is 5.26. The maximum absolute atomic E-state index is 13.2. The third-order valence-electron chi connectivity index (χ3n) is 3.28. The topological polar surface area (TPSA) is 98.7 Å². The van der Waals surface area contributed by atoms with E-state index in [0.717, 1.165) is 18.2 Å². The summed E-state index contributed by atoms with van der Waals surface area (Å²) in [6.07, 6.45) is -0.773. The lowest BCUT2D eigenvalue weighted by Crippen LogP contribution is -2.47. The SMILES string of the molecule is CC(=O)N[C@@H](Cc1cc(F)cc(F)c1)[C@@H](O)CC(CO)NC=O. The first kappa shape index (κ1) is 19.0. The molecular formula is C15H20F2N2O4. The highest BCUT2D eigenvalue weighted by molar-refractivity contribution is 5.73. The van der Waals surface area contributed by atoms with Gasteiger partial charge in [-0.1, -0.05) is 0 Å². The fourth-order valence-corrected chi connectivity index (χ4v) is 2.27. The number of hydrogen-bond acceptors (Lipinski definition) is 4. The molecule has 4 N–H and O–H groups in total. The van der Waals surface area contributed by atoms with Crippen LogP contribution in [-0.2, 0) is 16.0 Å². The van der Waals surface area contributed by atoms with E-state index in [-0.39, 0.29) is 18.4 Å². The second-order valence-corrected chi connectivity index (χ2v) is 5.26. The molecule has 0 fully saturated rings. The Balaban J connectivity index is 2.85. The molecule has 8 heteroatoms. The Hall–Kier alpha value is -2.06. The molecule has 1 unspecified atom stereocenters. The summed E-state index contributed by atoms with van der Waals surface area (Å²) >= 11 is 0. The van der Waals surface area contributed by atoms with Crippen molar-refractivity contribution in [2.24, 2.45) is 0 Å². The lowest BCUT2D eigenvalue weighted by atomic mass is 9.96. The van der Waals surface area contributed by atoms with Crippen molar-refractivity contribution in [1.82, 2.24) is 10.6 Å². The quantitative estimate of drug-likeness (QED) is 0.474. The van der Waals surface area contributed by atoms with Gasteiger partial charge in [0.15, 0.2) is 0 Å². The summed E-state index contributed by atoms with van der Waals surface area (Å²) in [4.78, 5) is 21.7. The number of amides is 2. The molecule has 3 atom stereocenters. The number of carbonyl (C=O) groups excluding carboxylic acids is 2. The molecule has 0 spiro atoms. The van der Waals surface area contributed by atoms with Gasteiger partial charge in [0, 0.05) is 13.0 Å². The van der Waals surface area contributed by atoms with Crippen LogP contribution in [0.1, 0.15) is 18.9 Å². The van der Waals surface area contributed by atoms with Crippen LogP contribution in [0, 0.1) is 11.6 Å². The van der Waals surface area contributed by atoms with Crippen LogP contribution in [0.2, 0.25) is 0 Å². The van der Waals surface area contributed by atoms with Gasteiger partial charge in [-0.2, -0.15) is 0 Å². The normalized spacial score (nSPS) is 14.7. The summed E-state index contributed by atoms with van der Waals surface area (Å²) in [7, 11) is 0. The standard InChI is InChI=1S/C15H20F2N2O4/c1-9(22)19-14(15(23)6-13(7-20)18-8-21)4-10-2-11(16)5-12(17)3-10/h2-3,5,8,13-15,20,23H,4,6-7H2,1H3,(H,18,21)(H,19,22)/t13?,14-,15-/m0/s1. The van der Waals surface area contributed by atoms with Crippen LogP contribution in [-0.4, -0.2) is 47.3 Å². The van der Waals surface area contributed by atoms with Crippen molar-refractivity contribution in [3.63, 3.8) is 0 Å². The van der Waals surface area contributed by atoms with Crippen LogP contribution in [0.4, 0.5) is 8.78 Å². The molecule has 0 aromatic heterocycles. The van der Waals surface area contributed by atoms with Crippen molar-refractivity contribution >= 4 is 12.3 Å². The van der Waals surface area contributed by atoms with Gasteiger partial charge in [0.2, 0.25) is 12.3 Å². The number of hydrogen-bond donors (Lipinski definition) is 4. The van der Waals surface area contributed by atoms with Crippen LogP contribution >= 0.6 is 0 Å². The Bertz CT molecular complexity index is 522. The minimum atomic E-state index is -1.13. The summed E-state index contributed by atoms with van der Waals surface area (Å²) < 4.78 is 26.5. The number of aliphatic hydroxyl groups excluding tert-OH is 2. The molecule has 0 saturated heterocycles. The molecule has 1 rings (SSSR count). The highest BCUT2D eigenvalue weighted by Crippen LogP contribution is 2.14. The number of rotatable bonds is 9. The van der Waals surface area contributed by atoms with E-state index in [9.17, 15) is 23.5 Å². The van der Waals surface area contributed by atoms with Crippen LogP contribution in [0.3, 0.4) is 0 Å². The zero-order valence-electron chi connectivity index (χ0n) is 12.6. The van der Waals surface area contributed by atoms with E-state index in [1.165, 1.54) is 6.92 Å². The first-order valence-corrected chi connectivity index (χ1v) is 7.06. The van der Waals surface area contributed by atoms with Gasteiger partial charge in [-0.3, -0.25) is 9.59 Å². The highest BCUT2D eigenvalue weighted by atomic mass is 19.1. The van der Waals surface area contributed by atoms with Crippen LogP contribution < -0.4 is 10.6 Å². The van der Waals surface area contributed by atoms with Gasteiger partial charge in [-0.25, -0.2) is 8.78 Å². The van der Waals surface area contributed by atoms with E-state index in [4.69, 9.17) is 5.11 Å². The van der Waals surface area contributed by atoms with Crippen LogP contribution in [0.5, 0.6) is 0 Å². The van der Waals surface area contributed by atoms with Crippen LogP contribution in [0.15, 0.2) is 18.2 Å². The third-order valence-corrected chi connectivity index (χ3v) is 3.28. The van der Waals surface area contributed by atoms with Gasteiger partial charge < -0.3 is 20.8 Å². The number of carbonyl (C=O) groups is 2. The molecule has 0 radical (unpaired) electrons. The Labute approximate surface area is 132 Å². The number of nitrogens with one attached hydrogen (secondary N) is 2. The number of aliphatic hydroxyl groups is 2. The van der Waals surface area contributed by atoms with Gasteiger partial charge in [0.1, 0.15) is 11.6 Å². The van der Waals surface area contributed by atoms with E-state index >= 15 is 0 Å². The second kappa shape index (κ2) is 9.16. The minimum absolute atomic E-state index is 0.00529. The maximum atomic E-state index is 13.2. The summed E-state index contributed by atoms with van der Waals surface area (Å²) in [5.74, 6) is -1.94. The van der Waals surface area contributed by atoms with Gasteiger partial charge in [-0.15, -0.1) is 0 Å². The lowest BCUT2D eigenvalue weighted by Gasteiger charge is -2.26. The van der Waals surface area contributed by atoms with Crippen molar-refractivity contribution in [1.29, 1.82) is 0 Å². The molecule has 0 saturated carbocycles. The third kappa shape index (κ3) is 6.70. The molecule has 23 heavy (non-hydrogen) atoms. The molecule has 128 valence electrons. The Morgan fingerprint density at radius 2 is 1.91 bits per heavy atom. The van der Waals surface area contributed by atoms with E-state index in [2.05, 4.69) is 10.6 Å². The van der Waals surface area contributed by atoms with Gasteiger partial charge in [0.25, 0.3) is 0 Å². The number of halogens is 2. The first-order valence-electron chi connectivity index (χ1n) is 7.06. The molecule has 2 amide bonds. The van der Waals surface area contributed by atoms with E-state index in [0.29, 0.717) is 6.41 Å². The van der Waals surface area contributed by atoms with Crippen molar-refractivity contribution in [2.45, 2.75) is 38.0 Å². The summed E-state index contributed by atoms with van der Waals surface area (Å²) in [5, 5.41) is 24.2. The predicted octanol–water partition coefficient (Wildman–Crippen LogP) is -0.130. The fraction of sp³-hybridized carbons (Fsp3) is 0.467. The number of benzene rings is 1. The molecular weight excluding hydrogens is 310 g/mol. The molecule has 0 bridgehead atoms. The maximum Gasteiger partial charge on any atom is 0.217 e. The molecule has 0 aliphatic heterocycles. The van der Waals surface area contributed by atoms with Crippen molar-refractivity contribution in [3.05, 3.63) is 35.4 Å². The Kier molecular flexibility index (Phi) is 7.56. The first-order chi connectivity index (χ1) is 10.8. The van der Waals surface area contributed by atoms with E-state index in [1.807, 2.05) is 0 Å². The van der Waals surface area contributed by atoms with Crippen LogP contribution in [0.25, 0.3) is 0 Å². The largest absolute Gasteiger partial charge is 0.394 e. The van der Waals surface area contributed by atoms with Gasteiger partial charge >= 0.3 is 0 Å². The van der Waals surface area contributed by atoms with Crippen molar-refractivity contribution < 1.29 is 28.6 Å². The lowest BCUT2D eigenvalue weighted by molar-refractivity contribution is -0.120. The summed E-state index contributed by atoms with van der Waals surface area (Å²) in [5.41, 5.74) is 0.268. The Morgan fingerprint density at radius 3 is 2.39 bits per heavy atom. The zero-order valence-corrected chi connectivity index (χ0v) is 12.6. The minimum Gasteiger partial charge on any atom is -0.394 e. The van der Waals surface area contributed by atoms with E-state index in [1.54, 1.807) is 0 Å². The smallest absolute Gasteiger partial charge is 0.217 e. The zero-order chi connectivity index (χ0) is 17.4. The average Bonchev–Trinajstić information content (AvgIpc) is 2.44. The predicted molar refractivity (Wildman–Crippen MR) is 78.4 cm³/mol. The molecule has 0 heterocycles. The van der Waals surface area contributed by atoms with Crippen molar-refractivity contribution in [3.8, 4) is 0 Å². The molecule has 0 aliphatic rings. The molecule has 1 aromatic rings. The monoisotopic (exact) mass is 330 g/mol. The highest BCUT2D eigenvalue weighted by Gasteiger charge is 2.24. The molecule has 1 aromatic carbocycles. The Morgan fingerprint density at radius 1 is 1.30 bits per heavy atom. The van der Waals surface area contributed by atoms with Gasteiger partial charge in [-0.05, 0) is 30.5 Å².